The van der Waals surface area contributed by atoms with Gasteiger partial charge in [0.05, 0.1) is 20.8 Å². The van der Waals surface area contributed by atoms with Crippen LogP contribution >= 0.6 is 11.3 Å². The van der Waals surface area contributed by atoms with Gasteiger partial charge in [0.25, 0.3) is 0 Å². The Bertz CT molecular complexity index is 1060. The summed E-state index contributed by atoms with van der Waals surface area (Å²) in [6.07, 6.45) is 1.84. The number of hydrogen-bond acceptors (Lipinski definition) is 5. The van der Waals surface area contributed by atoms with Gasteiger partial charge in [0.15, 0.2) is 0 Å². The van der Waals surface area contributed by atoms with Crippen LogP contribution in [0.3, 0.4) is 0 Å². The Morgan fingerprint density at radius 2 is 1.88 bits per heavy atom. The van der Waals surface area contributed by atoms with E-state index in [4.69, 9.17) is 0 Å². The van der Waals surface area contributed by atoms with E-state index in [9.17, 15) is 8.42 Å². The van der Waals surface area contributed by atoms with Crippen LogP contribution in [-0.4, -0.2) is 40.6 Å². The van der Waals surface area contributed by atoms with E-state index < -0.39 is 10.0 Å². The van der Waals surface area contributed by atoms with E-state index in [0.29, 0.717) is 23.9 Å². The molecule has 0 spiro atoms. The lowest BCUT2D eigenvalue weighted by molar-refractivity contribution is 0.288. The fourth-order valence-corrected chi connectivity index (χ4v) is 5.93. The highest BCUT2D eigenvalue weighted by molar-refractivity contribution is 7.89. The quantitative estimate of drug-likeness (QED) is 0.686. The molecular weight excluding hydrogens is 368 g/mol. The van der Waals surface area contributed by atoms with E-state index >= 15 is 0 Å². The molecule has 1 aliphatic rings. The van der Waals surface area contributed by atoms with Gasteiger partial charge in [-0.2, -0.15) is 9.40 Å². The predicted molar refractivity (Wildman–Crippen MR) is 103 cm³/mol. The van der Waals surface area contributed by atoms with Crippen molar-refractivity contribution in [2.24, 2.45) is 5.92 Å². The molecule has 0 aliphatic carbocycles. The molecule has 8 heteroatoms. The third-order valence-electron chi connectivity index (χ3n) is 4.92. The summed E-state index contributed by atoms with van der Waals surface area (Å²) >= 11 is 1.46. The molecule has 3 heterocycles. The van der Waals surface area contributed by atoms with Crippen molar-refractivity contribution >= 4 is 31.6 Å². The first-order valence-corrected chi connectivity index (χ1v) is 11.0. The van der Waals surface area contributed by atoms with Crippen LogP contribution < -0.4 is 0 Å². The van der Waals surface area contributed by atoms with Crippen LogP contribution in [0.1, 0.15) is 31.2 Å². The zero-order valence-corrected chi connectivity index (χ0v) is 16.8. The van der Waals surface area contributed by atoms with E-state index in [1.165, 1.54) is 11.3 Å². The van der Waals surface area contributed by atoms with Gasteiger partial charge in [-0.05, 0) is 56.9 Å². The fourth-order valence-electron chi connectivity index (χ4n) is 3.34. The lowest BCUT2D eigenvalue weighted by Gasteiger charge is -2.29. The van der Waals surface area contributed by atoms with E-state index in [2.05, 4.69) is 17.0 Å². The molecule has 0 saturated carbocycles. The van der Waals surface area contributed by atoms with Gasteiger partial charge in [0.1, 0.15) is 0 Å². The van der Waals surface area contributed by atoms with Crippen molar-refractivity contribution in [1.82, 2.24) is 19.1 Å². The van der Waals surface area contributed by atoms with Crippen molar-refractivity contribution in [3.05, 3.63) is 35.7 Å². The largest absolute Gasteiger partial charge is 0.243 e. The normalized spacial score (nSPS) is 17.2. The molecule has 0 bridgehead atoms. The van der Waals surface area contributed by atoms with Crippen LogP contribution in [0.4, 0.5) is 0 Å². The van der Waals surface area contributed by atoms with Crippen LogP contribution in [0.2, 0.25) is 0 Å². The molecule has 1 fully saturated rings. The number of benzene rings is 1. The molecule has 0 unspecified atom stereocenters. The summed E-state index contributed by atoms with van der Waals surface area (Å²) in [5.41, 5.74) is 2.74. The van der Waals surface area contributed by atoms with E-state index in [1.54, 1.807) is 27.2 Å². The second-order valence-corrected chi connectivity index (χ2v) is 10.00. The average Bonchev–Trinajstić information content (AvgIpc) is 3.16. The van der Waals surface area contributed by atoms with Crippen molar-refractivity contribution in [3.8, 4) is 5.13 Å². The number of rotatable bonds is 3. The minimum Gasteiger partial charge on any atom is -0.218 e. The Morgan fingerprint density at radius 1 is 1.15 bits per heavy atom. The van der Waals surface area contributed by atoms with E-state index in [-0.39, 0.29) is 0 Å². The summed E-state index contributed by atoms with van der Waals surface area (Å²) in [5, 5.41) is 5.22. The molecule has 3 aromatic rings. The molecular formula is C18H22N4O2S2. The van der Waals surface area contributed by atoms with Gasteiger partial charge in [-0.1, -0.05) is 18.3 Å². The molecule has 0 radical (unpaired) electrons. The van der Waals surface area contributed by atoms with Crippen LogP contribution in [0, 0.1) is 19.8 Å². The molecule has 1 saturated heterocycles. The first-order chi connectivity index (χ1) is 12.3. The standard InChI is InChI=1S/C18H22N4O2S2/c1-12-6-8-21(9-7-12)26(23,24)15-4-5-16-17(11-15)25-18(19-16)22-14(3)10-13(2)20-22/h4-5,10-12H,6-9H2,1-3H3. The summed E-state index contributed by atoms with van der Waals surface area (Å²) in [4.78, 5) is 4.96. The number of thiazole rings is 1. The van der Waals surface area contributed by atoms with Crippen LogP contribution in [-0.2, 0) is 10.0 Å². The minimum atomic E-state index is -3.45. The number of aromatic nitrogens is 3. The maximum atomic E-state index is 13.0. The first-order valence-electron chi connectivity index (χ1n) is 8.79. The lowest BCUT2D eigenvalue weighted by atomic mass is 10.0. The molecule has 2 aromatic heterocycles. The Hall–Kier alpha value is -1.77. The van der Waals surface area contributed by atoms with Crippen molar-refractivity contribution in [3.63, 3.8) is 0 Å². The average molecular weight is 391 g/mol. The molecule has 4 rings (SSSR count). The second kappa shape index (κ2) is 6.44. The van der Waals surface area contributed by atoms with Crippen molar-refractivity contribution in [1.29, 1.82) is 0 Å². The summed E-state index contributed by atoms with van der Waals surface area (Å²) in [6, 6.07) is 7.20. The minimum absolute atomic E-state index is 0.350. The molecule has 138 valence electrons. The van der Waals surface area contributed by atoms with Crippen LogP contribution in [0.5, 0.6) is 0 Å². The SMILES string of the molecule is Cc1cc(C)n(-c2nc3ccc(S(=O)(=O)N4CCC(C)CC4)cc3s2)n1. The fraction of sp³-hybridized carbons (Fsp3) is 0.444. The third-order valence-corrected chi connectivity index (χ3v) is 7.81. The molecule has 1 aliphatic heterocycles. The van der Waals surface area contributed by atoms with E-state index in [1.807, 2.05) is 19.9 Å². The van der Waals surface area contributed by atoms with Crippen molar-refractivity contribution in [2.45, 2.75) is 38.5 Å². The second-order valence-electron chi connectivity index (χ2n) is 7.05. The molecule has 0 amide bonds. The van der Waals surface area contributed by atoms with Crippen molar-refractivity contribution in [2.75, 3.05) is 13.1 Å². The van der Waals surface area contributed by atoms with Gasteiger partial charge in [-0.15, -0.1) is 0 Å². The molecule has 0 N–H and O–H groups in total. The van der Waals surface area contributed by atoms with Crippen LogP contribution in [0.25, 0.3) is 15.3 Å². The molecule has 6 nitrogen and oxygen atoms in total. The van der Waals surface area contributed by atoms with E-state index in [0.717, 1.165) is 39.6 Å². The zero-order chi connectivity index (χ0) is 18.5. The van der Waals surface area contributed by atoms with Crippen LogP contribution in [0.15, 0.2) is 29.2 Å². The maximum Gasteiger partial charge on any atom is 0.243 e. The van der Waals surface area contributed by atoms with Crippen molar-refractivity contribution < 1.29 is 8.42 Å². The Balaban J connectivity index is 1.70. The van der Waals surface area contributed by atoms with Gasteiger partial charge in [-0.3, -0.25) is 0 Å². The maximum absolute atomic E-state index is 13.0. The van der Waals surface area contributed by atoms with Gasteiger partial charge in [0, 0.05) is 18.8 Å². The topological polar surface area (TPSA) is 68.1 Å². The Kier molecular flexibility index (Phi) is 4.37. The Morgan fingerprint density at radius 3 is 2.54 bits per heavy atom. The number of hydrogen-bond donors (Lipinski definition) is 0. The van der Waals surface area contributed by atoms with Gasteiger partial charge in [0.2, 0.25) is 15.2 Å². The predicted octanol–water partition coefficient (Wildman–Crippen LogP) is 3.52. The zero-order valence-electron chi connectivity index (χ0n) is 15.1. The summed E-state index contributed by atoms with van der Waals surface area (Å²) in [6.45, 7) is 7.30. The van der Waals surface area contributed by atoms with Gasteiger partial charge >= 0.3 is 0 Å². The highest BCUT2D eigenvalue weighted by Gasteiger charge is 2.28. The van der Waals surface area contributed by atoms with Gasteiger partial charge < -0.3 is 0 Å². The highest BCUT2D eigenvalue weighted by atomic mass is 32.2. The number of nitrogens with zero attached hydrogens (tertiary/aromatic N) is 4. The van der Waals surface area contributed by atoms with Gasteiger partial charge in [-0.25, -0.2) is 18.1 Å². The molecule has 1 aromatic carbocycles. The highest BCUT2D eigenvalue weighted by Crippen LogP contribution is 2.30. The Labute approximate surface area is 157 Å². The molecule has 26 heavy (non-hydrogen) atoms. The summed E-state index contributed by atoms with van der Waals surface area (Å²) in [7, 11) is -3.45. The smallest absolute Gasteiger partial charge is 0.218 e. The first kappa shape index (κ1) is 17.6. The summed E-state index contributed by atoms with van der Waals surface area (Å²) < 4.78 is 30.2. The third kappa shape index (κ3) is 3.06. The number of fused-ring (bicyclic) bond motifs is 1. The molecule has 0 atom stereocenters. The monoisotopic (exact) mass is 390 g/mol. The lowest BCUT2D eigenvalue weighted by Crippen LogP contribution is -2.37. The number of aryl methyl sites for hydroxylation is 2. The number of sulfonamides is 1. The summed E-state index contributed by atoms with van der Waals surface area (Å²) in [5.74, 6) is 0.591. The number of piperidine rings is 1.